The molecule has 0 aliphatic rings. The molecule has 0 aliphatic carbocycles. The maximum Gasteiger partial charge on any atom is 0.335 e. The molecule has 0 saturated heterocycles. The van der Waals surface area contributed by atoms with Crippen LogP contribution in [0.25, 0.3) is 11.1 Å². The predicted molar refractivity (Wildman–Crippen MR) is 80.9 cm³/mol. The van der Waals surface area contributed by atoms with Crippen LogP contribution in [0.1, 0.15) is 17.3 Å². The van der Waals surface area contributed by atoms with Crippen molar-refractivity contribution in [3.8, 4) is 28.5 Å². The van der Waals surface area contributed by atoms with Gasteiger partial charge in [-0.25, -0.2) is 9.78 Å². The van der Waals surface area contributed by atoms with Gasteiger partial charge >= 0.3 is 5.97 Å². The summed E-state index contributed by atoms with van der Waals surface area (Å²) in [6.45, 7) is 2.32. The maximum absolute atomic E-state index is 11.2. The minimum atomic E-state index is -1.06. The first-order chi connectivity index (χ1) is 10.6. The van der Waals surface area contributed by atoms with Crippen molar-refractivity contribution in [2.24, 2.45) is 0 Å². The Morgan fingerprint density at radius 2 is 1.86 bits per heavy atom. The molecule has 6 heteroatoms. The summed E-state index contributed by atoms with van der Waals surface area (Å²) in [6.07, 6.45) is 1.62. The number of ether oxygens (including phenoxy) is 3. The average Bonchev–Trinajstić information content (AvgIpc) is 2.54. The Balaban J connectivity index is 2.71. The lowest BCUT2D eigenvalue weighted by Gasteiger charge is -2.16. The van der Waals surface area contributed by atoms with E-state index in [9.17, 15) is 9.90 Å². The molecule has 0 amide bonds. The standard InChI is InChI=1S/C16H17NO5/c1-4-22-15-11(6-5-7-17-15)14-12(20-2)8-10(16(18)19)9-13(14)21-3/h5-9H,4H2,1-3H3,(H,18,19). The molecule has 0 saturated carbocycles. The summed E-state index contributed by atoms with van der Waals surface area (Å²) < 4.78 is 16.2. The quantitative estimate of drug-likeness (QED) is 0.884. The van der Waals surface area contributed by atoms with Gasteiger partial charge in [0.15, 0.2) is 0 Å². The van der Waals surface area contributed by atoms with Crippen LogP contribution in [0.15, 0.2) is 30.5 Å². The van der Waals surface area contributed by atoms with E-state index in [1.54, 1.807) is 12.3 Å². The lowest BCUT2D eigenvalue weighted by Crippen LogP contribution is -2.02. The Morgan fingerprint density at radius 1 is 1.23 bits per heavy atom. The van der Waals surface area contributed by atoms with Crippen LogP contribution >= 0.6 is 0 Å². The zero-order chi connectivity index (χ0) is 16.1. The molecular formula is C16H17NO5. The number of nitrogens with zero attached hydrogens (tertiary/aromatic N) is 1. The highest BCUT2D eigenvalue weighted by atomic mass is 16.5. The molecule has 0 fully saturated rings. The molecule has 1 heterocycles. The molecule has 0 atom stereocenters. The fourth-order valence-corrected chi connectivity index (χ4v) is 2.13. The van der Waals surface area contributed by atoms with Crippen molar-refractivity contribution in [3.05, 3.63) is 36.0 Å². The van der Waals surface area contributed by atoms with Gasteiger partial charge in [-0.2, -0.15) is 0 Å². The van der Waals surface area contributed by atoms with Crippen molar-refractivity contribution in [2.45, 2.75) is 6.92 Å². The molecule has 0 aliphatic heterocycles. The highest BCUT2D eigenvalue weighted by Gasteiger charge is 2.20. The Bertz CT molecular complexity index is 659. The molecule has 0 unspecified atom stereocenters. The number of benzene rings is 1. The van der Waals surface area contributed by atoms with Crippen molar-refractivity contribution < 1.29 is 24.1 Å². The molecule has 22 heavy (non-hydrogen) atoms. The first-order valence-corrected chi connectivity index (χ1v) is 6.69. The van der Waals surface area contributed by atoms with E-state index < -0.39 is 5.97 Å². The van der Waals surface area contributed by atoms with Crippen molar-refractivity contribution in [2.75, 3.05) is 20.8 Å². The summed E-state index contributed by atoms with van der Waals surface area (Å²) in [6, 6.07) is 6.48. The van der Waals surface area contributed by atoms with E-state index in [1.807, 2.05) is 13.0 Å². The van der Waals surface area contributed by atoms with Crippen LogP contribution in [-0.2, 0) is 0 Å². The number of carboxylic acids is 1. The number of carbonyl (C=O) groups is 1. The van der Waals surface area contributed by atoms with Gasteiger partial charge in [0.05, 0.1) is 37.5 Å². The second kappa shape index (κ2) is 6.80. The Labute approximate surface area is 128 Å². The van der Waals surface area contributed by atoms with Gasteiger partial charge in [-0.05, 0) is 31.2 Å². The molecule has 1 aromatic heterocycles. The maximum atomic E-state index is 11.2. The van der Waals surface area contributed by atoms with Gasteiger partial charge in [0, 0.05) is 6.20 Å². The third kappa shape index (κ3) is 2.95. The summed E-state index contributed by atoms with van der Waals surface area (Å²) >= 11 is 0. The van der Waals surface area contributed by atoms with Crippen molar-refractivity contribution in [1.29, 1.82) is 0 Å². The van der Waals surface area contributed by atoms with Crippen LogP contribution in [-0.4, -0.2) is 36.9 Å². The molecule has 0 radical (unpaired) electrons. The molecule has 1 N–H and O–H groups in total. The Hall–Kier alpha value is -2.76. The van der Waals surface area contributed by atoms with Crippen molar-refractivity contribution in [3.63, 3.8) is 0 Å². The average molecular weight is 303 g/mol. The molecule has 2 rings (SSSR count). The number of carboxylic acid groups (broad SMARTS) is 1. The smallest absolute Gasteiger partial charge is 0.335 e. The van der Waals surface area contributed by atoms with E-state index in [0.29, 0.717) is 35.1 Å². The molecule has 0 bridgehead atoms. The third-order valence-corrected chi connectivity index (χ3v) is 3.07. The van der Waals surface area contributed by atoms with Crippen LogP contribution in [0.2, 0.25) is 0 Å². The number of methoxy groups -OCH3 is 2. The van der Waals surface area contributed by atoms with Crippen molar-refractivity contribution >= 4 is 5.97 Å². The molecule has 6 nitrogen and oxygen atoms in total. The Kier molecular flexibility index (Phi) is 4.83. The zero-order valence-corrected chi connectivity index (χ0v) is 12.6. The molecule has 116 valence electrons. The van der Waals surface area contributed by atoms with Crippen molar-refractivity contribution in [1.82, 2.24) is 4.98 Å². The number of pyridine rings is 1. The molecule has 2 aromatic rings. The largest absolute Gasteiger partial charge is 0.496 e. The van der Waals surface area contributed by atoms with E-state index in [2.05, 4.69) is 4.98 Å². The molecular weight excluding hydrogens is 286 g/mol. The van der Waals surface area contributed by atoms with E-state index in [1.165, 1.54) is 26.4 Å². The first kappa shape index (κ1) is 15.6. The monoisotopic (exact) mass is 303 g/mol. The van der Waals surface area contributed by atoms with Gasteiger partial charge in [0.25, 0.3) is 0 Å². The van der Waals surface area contributed by atoms with E-state index in [-0.39, 0.29) is 5.56 Å². The lowest BCUT2D eigenvalue weighted by atomic mass is 10.0. The van der Waals surface area contributed by atoms with Crippen LogP contribution in [0, 0.1) is 0 Å². The highest BCUT2D eigenvalue weighted by molar-refractivity contribution is 5.92. The number of rotatable bonds is 6. The van der Waals surface area contributed by atoms with Crippen LogP contribution in [0.5, 0.6) is 17.4 Å². The van der Waals surface area contributed by atoms with Gasteiger partial charge in [0.1, 0.15) is 11.5 Å². The predicted octanol–water partition coefficient (Wildman–Crippen LogP) is 2.86. The highest BCUT2D eigenvalue weighted by Crippen LogP contribution is 2.42. The zero-order valence-electron chi connectivity index (χ0n) is 12.6. The van der Waals surface area contributed by atoms with Gasteiger partial charge in [-0.15, -0.1) is 0 Å². The van der Waals surface area contributed by atoms with Gasteiger partial charge in [-0.3, -0.25) is 0 Å². The van der Waals surface area contributed by atoms with Crippen LogP contribution < -0.4 is 14.2 Å². The SMILES string of the molecule is CCOc1ncccc1-c1c(OC)cc(C(=O)O)cc1OC. The molecule has 0 spiro atoms. The van der Waals surface area contributed by atoms with Crippen LogP contribution in [0.4, 0.5) is 0 Å². The normalized spacial score (nSPS) is 10.1. The number of aromatic nitrogens is 1. The molecule has 1 aromatic carbocycles. The van der Waals surface area contributed by atoms with Gasteiger partial charge in [-0.1, -0.05) is 0 Å². The first-order valence-electron chi connectivity index (χ1n) is 6.69. The summed E-state index contributed by atoms with van der Waals surface area (Å²) in [5.74, 6) is 0.139. The number of aromatic carboxylic acids is 1. The lowest BCUT2D eigenvalue weighted by molar-refractivity contribution is 0.0696. The second-order valence-electron chi connectivity index (χ2n) is 4.35. The van der Waals surface area contributed by atoms with E-state index >= 15 is 0 Å². The van der Waals surface area contributed by atoms with Gasteiger partial charge in [0.2, 0.25) is 5.88 Å². The minimum Gasteiger partial charge on any atom is -0.496 e. The number of hydrogen-bond donors (Lipinski definition) is 1. The second-order valence-corrected chi connectivity index (χ2v) is 4.35. The summed E-state index contributed by atoms with van der Waals surface area (Å²) in [4.78, 5) is 15.4. The van der Waals surface area contributed by atoms with E-state index in [4.69, 9.17) is 14.2 Å². The number of hydrogen-bond acceptors (Lipinski definition) is 5. The summed E-state index contributed by atoms with van der Waals surface area (Å²) in [5, 5.41) is 9.18. The topological polar surface area (TPSA) is 77.9 Å². The van der Waals surface area contributed by atoms with E-state index in [0.717, 1.165) is 0 Å². The van der Waals surface area contributed by atoms with Gasteiger partial charge < -0.3 is 19.3 Å². The van der Waals surface area contributed by atoms with Crippen LogP contribution in [0.3, 0.4) is 0 Å². The summed E-state index contributed by atoms with van der Waals surface area (Å²) in [7, 11) is 2.95. The fourth-order valence-electron chi connectivity index (χ4n) is 2.13. The third-order valence-electron chi connectivity index (χ3n) is 3.07. The minimum absolute atomic E-state index is 0.0827. The Morgan fingerprint density at radius 3 is 2.36 bits per heavy atom. The summed E-state index contributed by atoms with van der Waals surface area (Å²) in [5.41, 5.74) is 1.36. The fraction of sp³-hybridized carbons (Fsp3) is 0.250.